The van der Waals surface area contributed by atoms with Crippen molar-refractivity contribution in [3.63, 3.8) is 0 Å². The first kappa shape index (κ1) is 18.2. The number of hydrogen-bond donors (Lipinski definition) is 1. The van der Waals surface area contributed by atoms with E-state index >= 15 is 0 Å². The average molecular weight is 413 g/mol. The largest absolute Gasteiger partial charge is 0.301 e. The van der Waals surface area contributed by atoms with Crippen LogP contribution in [-0.2, 0) is 4.79 Å². The Kier molecular flexibility index (Phi) is 5.96. The minimum Gasteiger partial charge on any atom is -0.301 e. The van der Waals surface area contributed by atoms with Crippen LogP contribution in [0, 0.1) is 5.82 Å². The summed E-state index contributed by atoms with van der Waals surface area (Å²) >= 11 is 14.8. The van der Waals surface area contributed by atoms with Crippen LogP contribution in [0.4, 0.5) is 9.52 Å². The van der Waals surface area contributed by atoms with Gasteiger partial charge >= 0.3 is 0 Å². The summed E-state index contributed by atoms with van der Waals surface area (Å²) in [6.45, 7) is 0. The highest BCUT2D eigenvalue weighted by atomic mass is 35.5. The van der Waals surface area contributed by atoms with Gasteiger partial charge < -0.3 is 5.32 Å². The predicted molar refractivity (Wildman–Crippen MR) is 103 cm³/mol. The van der Waals surface area contributed by atoms with Gasteiger partial charge in [0.15, 0.2) is 5.13 Å². The van der Waals surface area contributed by atoms with Gasteiger partial charge in [-0.15, -0.1) is 23.1 Å². The number of nitrogens with zero attached hydrogens (tertiary/aromatic N) is 1. The van der Waals surface area contributed by atoms with Crippen LogP contribution in [0.1, 0.15) is 0 Å². The van der Waals surface area contributed by atoms with Crippen molar-refractivity contribution in [2.24, 2.45) is 0 Å². The zero-order chi connectivity index (χ0) is 17.8. The van der Waals surface area contributed by atoms with Crippen LogP contribution in [0.25, 0.3) is 11.3 Å². The lowest BCUT2D eigenvalue weighted by molar-refractivity contribution is -0.113. The van der Waals surface area contributed by atoms with Crippen molar-refractivity contribution in [3.8, 4) is 11.3 Å². The number of thiazole rings is 1. The molecule has 1 N–H and O–H groups in total. The lowest BCUT2D eigenvalue weighted by Gasteiger charge is -2.03. The normalized spacial score (nSPS) is 10.7. The van der Waals surface area contributed by atoms with E-state index in [1.54, 1.807) is 35.7 Å². The predicted octanol–water partition coefficient (Wildman–Crippen LogP) is 5.99. The minimum atomic E-state index is -0.302. The molecule has 0 saturated heterocycles. The molecule has 8 heteroatoms. The van der Waals surface area contributed by atoms with Crippen molar-refractivity contribution in [1.82, 2.24) is 4.98 Å². The Hall–Kier alpha value is -1.60. The molecule has 25 heavy (non-hydrogen) atoms. The second-order valence-electron chi connectivity index (χ2n) is 4.95. The molecule has 1 heterocycles. The van der Waals surface area contributed by atoms with Gasteiger partial charge in [0.1, 0.15) is 5.82 Å². The first-order chi connectivity index (χ1) is 12.0. The summed E-state index contributed by atoms with van der Waals surface area (Å²) in [5.41, 5.74) is 1.37. The second kappa shape index (κ2) is 8.19. The van der Waals surface area contributed by atoms with Gasteiger partial charge in [-0.1, -0.05) is 23.2 Å². The molecule has 0 radical (unpaired) electrons. The first-order valence-electron chi connectivity index (χ1n) is 7.10. The molecule has 3 aromatic rings. The molecule has 0 aliphatic carbocycles. The molecule has 3 rings (SSSR count). The highest BCUT2D eigenvalue weighted by Crippen LogP contribution is 2.32. The van der Waals surface area contributed by atoms with E-state index < -0.39 is 0 Å². The summed E-state index contributed by atoms with van der Waals surface area (Å²) in [6.07, 6.45) is 0. The van der Waals surface area contributed by atoms with Crippen molar-refractivity contribution in [2.75, 3.05) is 11.1 Å². The van der Waals surface area contributed by atoms with Gasteiger partial charge in [-0.05, 0) is 42.5 Å². The Labute approximate surface area is 162 Å². The van der Waals surface area contributed by atoms with E-state index in [4.69, 9.17) is 23.2 Å². The average Bonchev–Trinajstić information content (AvgIpc) is 3.05. The third kappa shape index (κ3) is 4.95. The van der Waals surface area contributed by atoms with E-state index in [1.165, 1.54) is 35.2 Å². The molecule has 0 aliphatic rings. The minimum absolute atomic E-state index is 0.188. The fourth-order valence-corrected chi connectivity index (χ4v) is 3.80. The van der Waals surface area contributed by atoms with Crippen LogP contribution >= 0.6 is 46.3 Å². The van der Waals surface area contributed by atoms with Crippen molar-refractivity contribution in [1.29, 1.82) is 0 Å². The standard InChI is InChI=1S/C17H11Cl2FN2OS2/c18-10-1-6-14(19)13(7-10)15-8-25-17(21-15)22-16(23)9-24-12-4-2-11(20)3-5-12/h1-8H,9H2,(H,21,22,23). The van der Waals surface area contributed by atoms with Crippen molar-refractivity contribution >= 4 is 57.3 Å². The number of carbonyl (C=O) groups excluding carboxylic acids is 1. The van der Waals surface area contributed by atoms with Gasteiger partial charge in [0.25, 0.3) is 0 Å². The molecule has 0 spiro atoms. The maximum absolute atomic E-state index is 12.9. The maximum atomic E-state index is 12.9. The van der Waals surface area contributed by atoms with E-state index in [1.807, 2.05) is 0 Å². The van der Waals surface area contributed by atoms with E-state index in [0.29, 0.717) is 26.4 Å². The monoisotopic (exact) mass is 412 g/mol. The number of carbonyl (C=O) groups is 1. The van der Waals surface area contributed by atoms with Gasteiger partial charge in [0.05, 0.1) is 16.5 Å². The zero-order valence-electron chi connectivity index (χ0n) is 12.6. The van der Waals surface area contributed by atoms with Crippen molar-refractivity contribution in [3.05, 3.63) is 63.7 Å². The first-order valence-corrected chi connectivity index (χ1v) is 9.72. The van der Waals surface area contributed by atoms with E-state index in [9.17, 15) is 9.18 Å². The Morgan fingerprint density at radius 1 is 1.20 bits per heavy atom. The fourth-order valence-electron chi connectivity index (χ4n) is 1.98. The third-order valence-electron chi connectivity index (χ3n) is 3.14. The molecule has 2 aromatic carbocycles. The Balaban J connectivity index is 1.62. The molecule has 0 atom stereocenters. The van der Waals surface area contributed by atoms with Crippen LogP contribution in [0.15, 0.2) is 52.7 Å². The van der Waals surface area contributed by atoms with Crippen LogP contribution in [0.2, 0.25) is 10.0 Å². The fraction of sp³-hybridized carbons (Fsp3) is 0.0588. The number of halogens is 3. The maximum Gasteiger partial charge on any atom is 0.236 e. The molecule has 0 saturated carbocycles. The van der Waals surface area contributed by atoms with Gasteiger partial charge in [-0.25, -0.2) is 9.37 Å². The smallest absolute Gasteiger partial charge is 0.236 e. The highest BCUT2D eigenvalue weighted by molar-refractivity contribution is 8.00. The number of thioether (sulfide) groups is 1. The lowest BCUT2D eigenvalue weighted by atomic mass is 10.2. The summed E-state index contributed by atoms with van der Waals surface area (Å²) in [4.78, 5) is 17.2. The molecular weight excluding hydrogens is 402 g/mol. The zero-order valence-corrected chi connectivity index (χ0v) is 15.8. The van der Waals surface area contributed by atoms with Crippen molar-refractivity contribution in [2.45, 2.75) is 4.90 Å². The number of nitrogens with one attached hydrogen (secondary N) is 1. The second-order valence-corrected chi connectivity index (χ2v) is 7.70. The summed E-state index contributed by atoms with van der Waals surface area (Å²) in [7, 11) is 0. The number of amides is 1. The molecular formula is C17H11Cl2FN2OS2. The Bertz CT molecular complexity index is 900. The number of rotatable bonds is 5. The van der Waals surface area contributed by atoms with E-state index in [2.05, 4.69) is 10.3 Å². The summed E-state index contributed by atoms with van der Waals surface area (Å²) in [6, 6.07) is 11.1. The lowest BCUT2D eigenvalue weighted by Crippen LogP contribution is -2.13. The molecule has 1 amide bonds. The molecule has 0 fully saturated rings. The van der Waals surface area contributed by atoms with Gasteiger partial charge in [0, 0.05) is 20.9 Å². The molecule has 0 bridgehead atoms. The molecule has 3 nitrogen and oxygen atoms in total. The summed E-state index contributed by atoms with van der Waals surface area (Å²) < 4.78 is 12.9. The van der Waals surface area contributed by atoms with Crippen molar-refractivity contribution < 1.29 is 9.18 Å². The van der Waals surface area contributed by atoms with E-state index in [0.717, 1.165) is 4.90 Å². The molecule has 128 valence electrons. The quantitative estimate of drug-likeness (QED) is 0.523. The van der Waals surface area contributed by atoms with Gasteiger partial charge in [0.2, 0.25) is 5.91 Å². The SMILES string of the molecule is O=C(CSc1ccc(F)cc1)Nc1nc(-c2cc(Cl)ccc2Cl)cs1. The highest BCUT2D eigenvalue weighted by Gasteiger charge is 2.11. The number of aromatic nitrogens is 1. The summed E-state index contributed by atoms with van der Waals surface area (Å²) in [5.74, 6) is -0.283. The molecule has 0 aliphatic heterocycles. The molecule has 0 unspecified atom stereocenters. The third-order valence-corrected chi connectivity index (χ3v) is 5.47. The topological polar surface area (TPSA) is 42.0 Å². The molecule has 1 aromatic heterocycles. The number of anilines is 1. The Morgan fingerprint density at radius 2 is 1.96 bits per heavy atom. The van der Waals surface area contributed by atoms with Crippen LogP contribution in [0.5, 0.6) is 0 Å². The summed E-state index contributed by atoms with van der Waals surface area (Å²) in [5, 5.41) is 6.14. The Morgan fingerprint density at radius 3 is 2.72 bits per heavy atom. The van der Waals surface area contributed by atoms with Gasteiger partial charge in [-0.2, -0.15) is 0 Å². The van der Waals surface area contributed by atoms with Crippen LogP contribution < -0.4 is 5.32 Å². The number of benzene rings is 2. The number of hydrogen-bond acceptors (Lipinski definition) is 4. The van der Waals surface area contributed by atoms with E-state index in [-0.39, 0.29) is 17.5 Å². The van der Waals surface area contributed by atoms with Gasteiger partial charge in [-0.3, -0.25) is 4.79 Å². The van der Waals surface area contributed by atoms with Crippen LogP contribution in [0.3, 0.4) is 0 Å². The van der Waals surface area contributed by atoms with Crippen LogP contribution in [-0.4, -0.2) is 16.6 Å².